The first kappa shape index (κ1) is 17.9. The Kier molecular flexibility index (Phi) is 4.65. The van der Waals surface area contributed by atoms with Crippen LogP contribution in [0.3, 0.4) is 0 Å². The smallest absolute Gasteiger partial charge is 0.310 e. The molecule has 128 valence electrons. The van der Waals surface area contributed by atoms with Crippen molar-refractivity contribution in [2.45, 2.75) is 20.5 Å². The van der Waals surface area contributed by atoms with Gasteiger partial charge in [-0.3, -0.25) is 4.79 Å². The highest BCUT2D eigenvalue weighted by atomic mass is 19.2. The highest BCUT2D eigenvalue weighted by Crippen LogP contribution is 2.59. The Morgan fingerprint density at radius 3 is 2.33 bits per heavy atom. The average Bonchev–Trinajstić information content (AvgIpc) is 3.05. The zero-order valence-corrected chi connectivity index (χ0v) is 12.7. The lowest BCUT2D eigenvalue weighted by Crippen LogP contribution is -2.13. The van der Waals surface area contributed by atoms with Crippen LogP contribution in [-0.2, 0) is 16.1 Å². The van der Waals surface area contributed by atoms with Gasteiger partial charge in [0.2, 0.25) is 0 Å². The Balaban J connectivity index is 2.12. The summed E-state index contributed by atoms with van der Waals surface area (Å²) in [5, 5.41) is 8.41. The number of hydrogen-bond acceptors (Lipinski definition) is 3. The standard InChI is InChI=1S/C16H12F5NO2/c1-16(2)9(3-7(17)5-22)12(16)15(23)24-6-8-13(20)10(18)4-11(19)14(8)21/h3-4,9,12H,6H2,1-2H3/b7-3+/t9-,12-/m0/s1. The Hall–Kier alpha value is -2.43. The predicted molar refractivity (Wildman–Crippen MR) is 71.6 cm³/mol. The molecule has 1 fully saturated rings. The summed E-state index contributed by atoms with van der Waals surface area (Å²) in [5.74, 6) is -9.94. The summed E-state index contributed by atoms with van der Waals surface area (Å²) in [5.41, 5.74) is -1.76. The summed E-state index contributed by atoms with van der Waals surface area (Å²) in [6, 6.07) is 1.33. The maximum absolute atomic E-state index is 13.5. The van der Waals surface area contributed by atoms with Crippen molar-refractivity contribution in [2.75, 3.05) is 0 Å². The number of carbonyl (C=O) groups excluding carboxylic acids is 1. The monoisotopic (exact) mass is 345 g/mol. The van der Waals surface area contributed by atoms with E-state index in [4.69, 9.17) is 10.00 Å². The first-order chi connectivity index (χ1) is 11.1. The van der Waals surface area contributed by atoms with Gasteiger partial charge in [0.05, 0.1) is 11.5 Å². The molecule has 2 rings (SSSR count). The van der Waals surface area contributed by atoms with Crippen LogP contribution in [0.1, 0.15) is 19.4 Å². The molecule has 1 aromatic rings. The molecule has 1 aromatic carbocycles. The maximum atomic E-state index is 13.5. The predicted octanol–water partition coefficient (Wildman–Crippen LogP) is 3.94. The van der Waals surface area contributed by atoms with Gasteiger partial charge in [-0.05, 0) is 11.5 Å². The van der Waals surface area contributed by atoms with Crippen molar-refractivity contribution in [1.29, 1.82) is 5.26 Å². The summed E-state index contributed by atoms with van der Waals surface area (Å²) < 4.78 is 70.9. The van der Waals surface area contributed by atoms with Crippen molar-refractivity contribution in [1.82, 2.24) is 0 Å². The van der Waals surface area contributed by atoms with Gasteiger partial charge in [-0.2, -0.15) is 9.65 Å². The van der Waals surface area contributed by atoms with E-state index in [9.17, 15) is 26.7 Å². The first-order valence-corrected chi connectivity index (χ1v) is 6.87. The Bertz CT molecular complexity index is 740. The zero-order valence-electron chi connectivity index (χ0n) is 12.7. The quantitative estimate of drug-likeness (QED) is 0.359. The molecule has 1 aliphatic carbocycles. The number of nitriles is 1. The van der Waals surface area contributed by atoms with Crippen LogP contribution >= 0.6 is 0 Å². The van der Waals surface area contributed by atoms with Crippen molar-refractivity contribution < 1.29 is 31.5 Å². The average molecular weight is 345 g/mol. The second-order valence-electron chi connectivity index (χ2n) is 6.01. The fourth-order valence-corrected chi connectivity index (χ4v) is 2.62. The van der Waals surface area contributed by atoms with E-state index in [1.807, 2.05) is 0 Å². The van der Waals surface area contributed by atoms with E-state index >= 15 is 0 Å². The fraction of sp³-hybridized carbons (Fsp3) is 0.375. The molecular formula is C16H12F5NO2. The summed E-state index contributed by atoms with van der Waals surface area (Å²) in [7, 11) is 0. The van der Waals surface area contributed by atoms with Gasteiger partial charge in [-0.25, -0.2) is 17.6 Å². The molecule has 24 heavy (non-hydrogen) atoms. The maximum Gasteiger partial charge on any atom is 0.310 e. The number of allylic oxidation sites excluding steroid dienone is 2. The van der Waals surface area contributed by atoms with E-state index in [0.717, 1.165) is 6.08 Å². The van der Waals surface area contributed by atoms with Gasteiger partial charge in [0.15, 0.2) is 29.1 Å². The minimum Gasteiger partial charge on any atom is -0.460 e. The molecule has 3 nitrogen and oxygen atoms in total. The first-order valence-electron chi connectivity index (χ1n) is 6.87. The molecule has 0 bridgehead atoms. The van der Waals surface area contributed by atoms with Crippen molar-refractivity contribution in [3.05, 3.63) is 46.8 Å². The molecule has 0 aromatic heterocycles. The number of hydrogen-bond donors (Lipinski definition) is 0. The minimum atomic E-state index is -1.65. The number of rotatable bonds is 4. The lowest BCUT2D eigenvalue weighted by molar-refractivity contribution is -0.147. The summed E-state index contributed by atoms with van der Waals surface area (Å²) >= 11 is 0. The lowest BCUT2D eigenvalue weighted by atomic mass is 10.1. The van der Waals surface area contributed by atoms with E-state index in [-0.39, 0.29) is 6.07 Å². The van der Waals surface area contributed by atoms with Gasteiger partial charge in [0.25, 0.3) is 0 Å². The Morgan fingerprint density at radius 1 is 1.29 bits per heavy atom. The number of ether oxygens (including phenoxy) is 1. The minimum absolute atomic E-state index is 0.0471. The second-order valence-corrected chi connectivity index (χ2v) is 6.01. The molecule has 0 spiro atoms. The van der Waals surface area contributed by atoms with Gasteiger partial charge in [0, 0.05) is 12.0 Å². The summed E-state index contributed by atoms with van der Waals surface area (Å²) in [6.07, 6.45) is 0.967. The van der Waals surface area contributed by atoms with Crippen LogP contribution in [-0.4, -0.2) is 5.97 Å². The van der Waals surface area contributed by atoms with Crippen LogP contribution in [0.15, 0.2) is 18.0 Å². The third kappa shape index (κ3) is 3.11. The van der Waals surface area contributed by atoms with E-state index in [1.54, 1.807) is 13.8 Å². The van der Waals surface area contributed by atoms with Crippen molar-refractivity contribution >= 4 is 5.97 Å². The lowest BCUT2D eigenvalue weighted by Gasteiger charge is -2.09. The molecule has 0 amide bonds. The van der Waals surface area contributed by atoms with Gasteiger partial charge >= 0.3 is 5.97 Å². The molecule has 1 saturated carbocycles. The van der Waals surface area contributed by atoms with E-state index in [0.29, 0.717) is 0 Å². The molecule has 0 radical (unpaired) electrons. The molecule has 2 atom stereocenters. The van der Waals surface area contributed by atoms with Crippen LogP contribution in [0.25, 0.3) is 0 Å². The number of carbonyl (C=O) groups is 1. The summed E-state index contributed by atoms with van der Waals surface area (Å²) in [4.78, 5) is 12.0. The van der Waals surface area contributed by atoms with Crippen LogP contribution in [0.4, 0.5) is 22.0 Å². The number of benzene rings is 1. The van der Waals surface area contributed by atoms with Crippen molar-refractivity contribution in [2.24, 2.45) is 17.3 Å². The van der Waals surface area contributed by atoms with E-state index in [1.165, 1.54) is 6.07 Å². The fourth-order valence-electron chi connectivity index (χ4n) is 2.62. The topological polar surface area (TPSA) is 50.1 Å². The van der Waals surface area contributed by atoms with Gasteiger partial charge < -0.3 is 4.74 Å². The molecule has 8 heteroatoms. The number of nitrogens with zero attached hydrogens (tertiary/aromatic N) is 1. The van der Waals surface area contributed by atoms with Crippen LogP contribution in [0, 0.1) is 51.9 Å². The molecule has 0 aliphatic heterocycles. The van der Waals surface area contributed by atoms with E-state index < -0.39 is 64.5 Å². The van der Waals surface area contributed by atoms with Crippen molar-refractivity contribution in [3.63, 3.8) is 0 Å². The van der Waals surface area contributed by atoms with Crippen LogP contribution in [0.2, 0.25) is 0 Å². The van der Waals surface area contributed by atoms with Gasteiger partial charge in [0.1, 0.15) is 12.7 Å². The Morgan fingerprint density at radius 2 is 1.83 bits per heavy atom. The third-order valence-corrected chi connectivity index (χ3v) is 4.16. The molecule has 0 heterocycles. The van der Waals surface area contributed by atoms with Crippen molar-refractivity contribution in [3.8, 4) is 6.07 Å². The SMILES string of the molecule is CC1(C)[C@H](C(=O)OCc2c(F)c(F)cc(F)c2F)[C@@H]1/C=C(/F)C#N. The zero-order chi connectivity index (χ0) is 18.2. The number of esters is 1. The largest absolute Gasteiger partial charge is 0.460 e. The third-order valence-electron chi connectivity index (χ3n) is 4.16. The molecule has 0 unspecified atom stereocenters. The van der Waals surface area contributed by atoms with Crippen LogP contribution in [0.5, 0.6) is 0 Å². The van der Waals surface area contributed by atoms with Gasteiger partial charge in [-0.15, -0.1) is 0 Å². The van der Waals surface area contributed by atoms with Crippen LogP contribution < -0.4 is 0 Å². The molecular weight excluding hydrogens is 333 g/mol. The summed E-state index contributed by atoms with van der Waals surface area (Å²) in [6.45, 7) is 2.23. The normalized spacial score (nSPS) is 22.0. The number of halogens is 5. The highest BCUT2D eigenvalue weighted by Gasteiger charge is 2.61. The molecule has 0 saturated heterocycles. The molecule has 0 N–H and O–H groups in total. The molecule has 1 aliphatic rings. The van der Waals surface area contributed by atoms with Gasteiger partial charge in [-0.1, -0.05) is 13.8 Å². The highest BCUT2D eigenvalue weighted by molar-refractivity contribution is 5.78. The Labute approximate surface area is 134 Å². The second kappa shape index (κ2) is 6.23. The van der Waals surface area contributed by atoms with E-state index in [2.05, 4.69) is 0 Å².